The highest BCUT2D eigenvalue weighted by atomic mass is 79.9. The van der Waals surface area contributed by atoms with Gasteiger partial charge in [0.05, 0.1) is 27.8 Å². The van der Waals surface area contributed by atoms with Gasteiger partial charge >= 0.3 is 0 Å². The van der Waals surface area contributed by atoms with Gasteiger partial charge in [-0.15, -0.1) is 0 Å². The summed E-state index contributed by atoms with van der Waals surface area (Å²) < 4.78 is 13.9. The van der Waals surface area contributed by atoms with Crippen molar-refractivity contribution < 1.29 is 14.3 Å². The van der Waals surface area contributed by atoms with Gasteiger partial charge in [0.25, 0.3) is 5.91 Å². The van der Waals surface area contributed by atoms with E-state index in [0.29, 0.717) is 23.7 Å². The van der Waals surface area contributed by atoms with E-state index in [9.17, 15) is 4.79 Å². The number of nitrogens with one attached hydrogen (secondary N) is 1. The maximum absolute atomic E-state index is 12.7. The second-order valence-corrected chi connectivity index (χ2v) is 9.95. The monoisotopic (exact) mass is 644 g/mol. The van der Waals surface area contributed by atoms with Crippen molar-refractivity contribution in [1.29, 1.82) is 0 Å². The highest BCUT2D eigenvalue weighted by Crippen LogP contribution is 2.35. The van der Waals surface area contributed by atoms with Crippen molar-refractivity contribution in [3.05, 3.63) is 103 Å². The number of carbonyl (C=O) groups is 1. The molecule has 0 heterocycles. The molecule has 0 aliphatic heterocycles. The van der Waals surface area contributed by atoms with Crippen LogP contribution >= 0.6 is 47.8 Å². The van der Waals surface area contributed by atoms with E-state index in [1.807, 2.05) is 66.7 Å². The van der Waals surface area contributed by atoms with E-state index >= 15 is 0 Å². The molecule has 4 aromatic rings. The quantitative estimate of drug-likeness (QED) is 0.167. The van der Waals surface area contributed by atoms with Crippen LogP contribution in [0, 0.1) is 0 Å². The summed E-state index contributed by atoms with van der Waals surface area (Å²) in [5.74, 6) is 0.820. The number of nitrogens with zero attached hydrogens (tertiary/aromatic N) is 1. The first-order chi connectivity index (χ1) is 16.4. The van der Waals surface area contributed by atoms with Gasteiger partial charge in [0.15, 0.2) is 0 Å². The van der Waals surface area contributed by atoms with E-state index < -0.39 is 0 Å². The molecule has 0 aromatic heterocycles. The molecule has 0 saturated carbocycles. The molecule has 34 heavy (non-hydrogen) atoms. The third kappa shape index (κ3) is 5.87. The van der Waals surface area contributed by atoms with Crippen LogP contribution in [0.15, 0.2) is 91.3 Å². The van der Waals surface area contributed by atoms with E-state index in [0.717, 1.165) is 35.3 Å². The Morgan fingerprint density at radius 3 is 2.24 bits per heavy atom. The SMILES string of the molecule is COc1cc2ccccc2cc1C(=O)N/N=C\c1cc(Br)c(OCc2ccc(Br)cc2)c(Br)c1. The molecule has 4 aromatic carbocycles. The molecular formula is C26H19Br3N2O3. The van der Waals surface area contributed by atoms with E-state index in [-0.39, 0.29) is 5.91 Å². The molecule has 0 saturated heterocycles. The molecule has 0 fully saturated rings. The second kappa shape index (κ2) is 11.2. The number of hydrogen-bond acceptors (Lipinski definition) is 4. The van der Waals surface area contributed by atoms with Gasteiger partial charge in [-0.2, -0.15) is 5.10 Å². The van der Waals surface area contributed by atoms with Crippen LogP contribution < -0.4 is 14.9 Å². The molecule has 4 rings (SSSR count). The Kier molecular flexibility index (Phi) is 8.03. The zero-order valence-corrected chi connectivity index (χ0v) is 22.8. The van der Waals surface area contributed by atoms with Crippen LogP contribution in [0.1, 0.15) is 21.5 Å². The minimum Gasteiger partial charge on any atom is -0.496 e. The molecule has 8 heteroatoms. The maximum atomic E-state index is 12.7. The average molecular weight is 647 g/mol. The van der Waals surface area contributed by atoms with Crippen LogP contribution in [-0.4, -0.2) is 19.2 Å². The Labute approximate surface area is 222 Å². The number of benzene rings is 4. The van der Waals surface area contributed by atoms with Crippen LogP contribution in [0.5, 0.6) is 11.5 Å². The Hall–Kier alpha value is -2.68. The third-order valence-electron chi connectivity index (χ3n) is 5.01. The van der Waals surface area contributed by atoms with Gasteiger partial charge in [0.1, 0.15) is 18.1 Å². The molecule has 0 aliphatic carbocycles. The normalized spacial score (nSPS) is 11.1. The van der Waals surface area contributed by atoms with Crippen molar-refractivity contribution in [2.75, 3.05) is 7.11 Å². The first kappa shape index (κ1) is 24.4. The van der Waals surface area contributed by atoms with Gasteiger partial charge in [-0.25, -0.2) is 5.43 Å². The number of ether oxygens (including phenoxy) is 2. The van der Waals surface area contributed by atoms with E-state index in [4.69, 9.17) is 9.47 Å². The number of rotatable bonds is 7. The predicted octanol–water partition coefficient (Wildman–Crippen LogP) is 7.48. The molecule has 1 amide bonds. The molecule has 0 atom stereocenters. The lowest BCUT2D eigenvalue weighted by atomic mass is 10.1. The van der Waals surface area contributed by atoms with Gasteiger partial charge < -0.3 is 9.47 Å². The fourth-order valence-electron chi connectivity index (χ4n) is 3.32. The third-order valence-corrected chi connectivity index (χ3v) is 6.72. The van der Waals surface area contributed by atoms with E-state index in [1.165, 1.54) is 0 Å². The van der Waals surface area contributed by atoms with Crippen molar-refractivity contribution in [3.8, 4) is 11.5 Å². The van der Waals surface area contributed by atoms with Crippen molar-refractivity contribution >= 4 is 70.7 Å². The zero-order valence-electron chi connectivity index (χ0n) is 18.0. The lowest BCUT2D eigenvalue weighted by Crippen LogP contribution is -2.18. The maximum Gasteiger partial charge on any atom is 0.275 e. The van der Waals surface area contributed by atoms with Crippen LogP contribution in [0.4, 0.5) is 0 Å². The van der Waals surface area contributed by atoms with E-state index in [2.05, 4.69) is 58.3 Å². The molecule has 0 spiro atoms. The summed E-state index contributed by atoms with van der Waals surface area (Å²) in [7, 11) is 1.54. The van der Waals surface area contributed by atoms with Crippen molar-refractivity contribution in [2.45, 2.75) is 6.61 Å². The lowest BCUT2D eigenvalue weighted by molar-refractivity contribution is 0.0952. The highest BCUT2D eigenvalue weighted by molar-refractivity contribution is 9.11. The van der Waals surface area contributed by atoms with Gasteiger partial charge in [0, 0.05) is 4.47 Å². The highest BCUT2D eigenvalue weighted by Gasteiger charge is 2.13. The summed E-state index contributed by atoms with van der Waals surface area (Å²) in [6, 6.07) is 23.1. The fraction of sp³-hybridized carbons (Fsp3) is 0.0769. The number of fused-ring (bicyclic) bond motifs is 1. The number of hydrazone groups is 1. The first-order valence-corrected chi connectivity index (χ1v) is 12.6. The molecule has 172 valence electrons. The average Bonchev–Trinajstić information content (AvgIpc) is 2.83. The minimum absolute atomic E-state index is 0.355. The summed E-state index contributed by atoms with van der Waals surface area (Å²) in [4.78, 5) is 12.7. The summed E-state index contributed by atoms with van der Waals surface area (Å²) in [6.45, 7) is 0.432. The minimum atomic E-state index is -0.355. The molecule has 0 aliphatic rings. The standard InChI is InChI=1S/C26H19Br3N2O3/c1-33-24-13-19-5-3-2-4-18(19)12-21(24)26(32)31-30-14-17-10-22(28)25(23(29)11-17)34-15-16-6-8-20(27)9-7-16/h2-14H,15H2,1H3,(H,31,32)/b30-14-. The predicted molar refractivity (Wildman–Crippen MR) is 146 cm³/mol. The van der Waals surface area contributed by atoms with Crippen LogP contribution in [0.2, 0.25) is 0 Å². The second-order valence-electron chi connectivity index (χ2n) is 7.33. The van der Waals surface area contributed by atoms with Gasteiger partial charge in [0.2, 0.25) is 0 Å². The molecule has 0 bridgehead atoms. The Balaban J connectivity index is 1.45. The summed E-state index contributed by atoms with van der Waals surface area (Å²) in [6.07, 6.45) is 1.57. The number of halogens is 3. The summed E-state index contributed by atoms with van der Waals surface area (Å²) in [5, 5.41) is 6.07. The number of methoxy groups -OCH3 is 1. The molecule has 0 radical (unpaired) electrons. The van der Waals surface area contributed by atoms with Crippen molar-refractivity contribution in [3.63, 3.8) is 0 Å². The molecule has 5 nitrogen and oxygen atoms in total. The topological polar surface area (TPSA) is 59.9 Å². The van der Waals surface area contributed by atoms with Crippen LogP contribution in [-0.2, 0) is 6.61 Å². The van der Waals surface area contributed by atoms with Crippen LogP contribution in [0.3, 0.4) is 0 Å². The molecular weight excluding hydrogens is 628 g/mol. The van der Waals surface area contributed by atoms with Gasteiger partial charge in [-0.1, -0.05) is 52.3 Å². The number of amides is 1. The van der Waals surface area contributed by atoms with E-state index in [1.54, 1.807) is 19.4 Å². The fourth-order valence-corrected chi connectivity index (χ4v) is 5.03. The number of hydrogen-bond donors (Lipinski definition) is 1. The van der Waals surface area contributed by atoms with Crippen molar-refractivity contribution in [2.24, 2.45) is 5.10 Å². The van der Waals surface area contributed by atoms with Crippen LogP contribution in [0.25, 0.3) is 10.8 Å². The largest absolute Gasteiger partial charge is 0.496 e. The molecule has 1 N–H and O–H groups in total. The lowest BCUT2D eigenvalue weighted by Gasteiger charge is -2.11. The zero-order chi connectivity index (χ0) is 24.1. The van der Waals surface area contributed by atoms with Crippen molar-refractivity contribution in [1.82, 2.24) is 5.43 Å². The van der Waals surface area contributed by atoms with Gasteiger partial charge in [-0.05, 0) is 90.2 Å². The Morgan fingerprint density at radius 2 is 1.59 bits per heavy atom. The molecule has 0 unspecified atom stereocenters. The number of carbonyl (C=O) groups excluding carboxylic acids is 1. The Morgan fingerprint density at radius 1 is 0.941 bits per heavy atom. The van der Waals surface area contributed by atoms with Gasteiger partial charge in [-0.3, -0.25) is 4.79 Å². The first-order valence-electron chi connectivity index (χ1n) is 10.2. The smallest absolute Gasteiger partial charge is 0.275 e. The summed E-state index contributed by atoms with van der Waals surface area (Å²) >= 11 is 10.5. The Bertz CT molecular complexity index is 1350. The summed E-state index contributed by atoms with van der Waals surface area (Å²) in [5.41, 5.74) is 4.82.